The fourth-order valence-corrected chi connectivity index (χ4v) is 4.57. The molecular formula is C27H53NO4. The molecule has 0 bridgehead atoms. The predicted octanol–water partition coefficient (Wildman–Crippen LogP) is 7.29. The maximum absolute atomic E-state index is 11.9. The summed E-state index contributed by atoms with van der Waals surface area (Å²) in [5, 5.41) is 12.2. The Kier molecular flexibility index (Phi) is 16.1. The van der Waals surface area contributed by atoms with E-state index in [2.05, 4.69) is 12.2 Å². The van der Waals surface area contributed by atoms with Crippen LogP contribution in [0.3, 0.4) is 0 Å². The largest absolute Gasteiger partial charge is 0.447 e. The Morgan fingerprint density at radius 1 is 0.781 bits per heavy atom. The van der Waals surface area contributed by atoms with Crippen molar-refractivity contribution in [3.8, 4) is 0 Å². The van der Waals surface area contributed by atoms with Crippen molar-refractivity contribution in [1.29, 1.82) is 0 Å². The molecule has 1 amide bonds. The van der Waals surface area contributed by atoms with Crippen molar-refractivity contribution in [3.63, 3.8) is 0 Å². The predicted molar refractivity (Wildman–Crippen MR) is 133 cm³/mol. The van der Waals surface area contributed by atoms with Crippen molar-refractivity contribution in [2.24, 2.45) is 0 Å². The molecule has 2 atom stereocenters. The van der Waals surface area contributed by atoms with Crippen LogP contribution in [0.4, 0.5) is 4.79 Å². The van der Waals surface area contributed by atoms with Crippen LogP contribution in [-0.4, -0.2) is 42.2 Å². The number of hydrogen-bond donors (Lipinski definition) is 2. The molecule has 1 saturated heterocycles. The molecule has 1 rings (SSSR count). The minimum atomic E-state index is -0.512. The van der Waals surface area contributed by atoms with Crippen LogP contribution >= 0.6 is 0 Å². The van der Waals surface area contributed by atoms with Crippen molar-refractivity contribution in [1.82, 2.24) is 5.32 Å². The van der Waals surface area contributed by atoms with Gasteiger partial charge in [0.15, 0.2) is 0 Å². The van der Waals surface area contributed by atoms with Crippen LogP contribution in [0.5, 0.6) is 0 Å². The van der Waals surface area contributed by atoms with Gasteiger partial charge >= 0.3 is 6.09 Å². The Morgan fingerprint density at radius 3 is 1.66 bits per heavy atom. The highest BCUT2D eigenvalue weighted by Gasteiger charge is 2.44. The lowest BCUT2D eigenvalue weighted by Crippen LogP contribution is -2.39. The summed E-state index contributed by atoms with van der Waals surface area (Å²) in [7, 11) is 0. The van der Waals surface area contributed by atoms with Crippen LogP contribution in [0.25, 0.3) is 0 Å². The fraction of sp³-hybridized carbons (Fsp3) is 0.963. The van der Waals surface area contributed by atoms with E-state index in [0.717, 1.165) is 25.7 Å². The Morgan fingerprint density at radius 2 is 1.22 bits per heavy atom. The first-order valence-corrected chi connectivity index (χ1v) is 13.6. The van der Waals surface area contributed by atoms with E-state index in [0.29, 0.717) is 6.54 Å². The monoisotopic (exact) mass is 455 g/mol. The minimum absolute atomic E-state index is 0.00591. The molecule has 1 fully saturated rings. The molecule has 0 spiro atoms. The van der Waals surface area contributed by atoms with Gasteiger partial charge in [-0.1, -0.05) is 103 Å². The van der Waals surface area contributed by atoms with Gasteiger partial charge in [0, 0.05) is 6.54 Å². The van der Waals surface area contributed by atoms with Gasteiger partial charge in [0.1, 0.15) is 12.2 Å². The van der Waals surface area contributed by atoms with E-state index in [1.54, 1.807) is 0 Å². The minimum Gasteiger partial charge on any atom is -0.447 e. The lowest BCUT2D eigenvalue weighted by atomic mass is 9.99. The van der Waals surface area contributed by atoms with Crippen LogP contribution < -0.4 is 5.32 Å². The van der Waals surface area contributed by atoms with Gasteiger partial charge in [-0.05, 0) is 33.1 Å². The first-order chi connectivity index (χ1) is 15.4. The highest BCUT2D eigenvalue weighted by molar-refractivity contribution is 5.67. The van der Waals surface area contributed by atoms with Gasteiger partial charge in [0.25, 0.3) is 0 Å². The number of unbranched alkanes of at least 4 members (excludes halogenated alkanes) is 15. The molecule has 1 heterocycles. The molecule has 0 aromatic rings. The molecule has 0 aromatic heterocycles. The Bertz CT molecular complexity index is 473. The van der Waals surface area contributed by atoms with E-state index in [1.807, 2.05) is 13.8 Å². The summed E-state index contributed by atoms with van der Waals surface area (Å²) in [4.78, 5) is 11.9. The molecule has 0 radical (unpaired) electrons. The second-order valence-corrected chi connectivity index (χ2v) is 10.5. The topological polar surface area (TPSA) is 67.8 Å². The second-order valence-electron chi connectivity index (χ2n) is 10.5. The van der Waals surface area contributed by atoms with Gasteiger partial charge in [-0.25, -0.2) is 4.79 Å². The zero-order valence-corrected chi connectivity index (χ0v) is 21.5. The Balaban J connectivity index is 1.82. The van der Waals surface area contributed by atoms with Gasteiger partial charge in [0.05, 0.1) is 12.2 Å². The standard InChI is InChI=1S/C27H53NO4/c1-4-5-6-7-8-9-10-11-12-13-14-15-16-17-18-19-22-28-25(30)31-24-27(3)21-20-26(2,23-29)32-27/h29H,4-24H2,1-3H3,(H,28,30). The summed E-state index contributed by atoms with van der Waals surface area (Å²) in [6, 6.07) is 0. The highest BCUT2D eigenvalue weighted by atomic mass is 16.6. The van der Waals surface area contributed by atoms with Crippen molar-refractivity contribution in [2.75, 3.05) is 19.8 Å². The number of nitrogens with one attached hydrogen (secondary N) is 1. The van der Waals surface area contributed by atoms with Crippen molar-refractivity contribution < 1.29 is 19.4 Å². The number of rotatable bonds is 20. The number of carbonyl (C=O) groups is 1. The number of ether oxygens (including phenoxy) is 2. The SMILES string of the molecule is CCCCCCCCCCCCCCCCCCNC(=O)OCC1(C)CCC(C)(CO)O1. The van der Waals surface area contributed by atoms with Gasteiger partial charge in [-0.3, -0.25) is 0 Å². The van der Waals surface area contributed by atoms with E-state index in [1.165, 1.54) is 89.9 Å². The zero-order valence-electron chi connectivity index (χ0n) is 21.5. The van der Waals surface area contributed by atoms with Crippen LogP contribution in [0, 0.1) is 0 Å². The molecule has 1 aliphatic heterocycles. The molecule has 0 saturated carbocycles. The van der Waals surface area contributed by atoms with Crippen LogP contribution in [-0.2, 0) is 9.47 Å². The smallest absolute Gasteiger partial charge is 0.407 e. The lowest BCUT2D eigenvalue weighted by molar-refractivity contribution is -0.125. The molecule has 2 unspecified atom stereocenters. The van der Waals surface area contributed by atoms with Crippen molar-refractivity contribution >= 4 is 6.09 Å². The van der Waals surface area contributed by atoms with E-state index < -0.39 is 11.2 Å². The quantitative estimate of drug-likeness (QED) is 0.189. The van der Waals surface area contributed by atoms with Crippen molar-refractivity contribution in [3.05, 3.63) is 0 Å². The number of amides is 1. The highest BCUT2D eigenvalue weighted by Crippen LogP contribution is 2.37. The number of hydrogen-bond acceptors (Lipinski definition) is 4. The van der Waals surface area contributed by atoms with E-state index in [-0.39, 0.29) is 19.3 Å². The summed E-state index contributed by atoms with van der Waals surface area (Å²) in [5.74, 6) is 0. The van der Waals surface area contributed by atoms with Crippen LogP contribution in [0.15, 0.2) is 0 Å². The molecule has 0 aromatic carbocycles. The molecule has 190 valence electrons. The molecule has 5 heteroatoms. The molecular weight excluding hydrogens is 402 g/mol. The number of aliphatic hydroxyl groups excluding tert-OH is 1. The average molecular weight is 456 g/mol. The second kappa shape index (κ2) is 17.6. The van der Waals surface area contributed by atoms with E-state index in [4.69, 9.17) is 9.47 Å². The third-order valence-corrected chi connectivity index (χ3v) is 6.82. The molecule has 1 aliphatic rings. The first kappa shape index (κ1) is 29.2. The third kappa shape index (κ3) is 14.4. The fourth-order valence-electron chi connectivity index (χ4n) is 4.57. The lowest BCUT2D eigenvalue weighted by Gasteiger charge is -2.28. The normalized spacial score (nSPS) is 22.9. The Labute approximate surface area is 198 Å². The maximum Gasteiger partial charge on any atom is 0.407 e. The molecule has 0 aliphatic carbocycles. The first-order valence-electron chi connectivity index (χ1n) is 13.6. The van der Waals surface area contributed by atoms with Gasteiger partial charge in [-0.2, -0.15) is 0 Å². The summed E-state index contributed by atoms with van der Waals surface area (Å²) in [5.41, 5.74) is -1.01. The molecule has 5 nitrogen and oxygen atoms in total. The maximum atomic E-state index is 11.9. The van der Waals surface area contributed by atoms with Gasteiger partial charge in [0.2, 0.25) is 0 Å². The number of alkyl carbamates (subject to hydrolysis) is 1. The zero-order chi connectivity index (χ0) is 23.5. The average Bonchev–Trinajstić information content (AvgIpc) is 3.10. The van der Waals surface area contributed by atoms with E-state index in [9.17, 15) is 9.90 Å². The summed E-state index contributed by atoms with van der Waals surface area (Å²) >= 11 is 0. The van der Waals surface area contributed by atoms with E-state index >= 15 is 0 Å². The van der Waals surface area contributed by atoms with Crippen LogP contribution in [0.1, 0.15) is 136 Å². The Hall–Kier alpha value is -0.810. The number of carbonyl (C=O) groups excluding carboxylic acids is 1. The summed E-state index contributed by atoms with van der Waals surface area (Å²) in [6.07, 6.45) is 22.8. The molecule has 32 heavy (non-hydrogen) atoms. The summed E-state index contributed by atoms with van der Waals surface area (Å²) < 4.78 is 11.3. The van der Waals surface area contributed by atoms with Crippen molar-refractivity contribution in [2.45, 2.75) is 148 Å². The third-order valence-electron chi connectivity index (χ3n) is 6.82. The van der Waals surface area contributed by atoms with Crippen LogP contribution in [0.2, 0.25) is 0 Å². The van der Waals surface area contributed by atoms with Gasteiger partial charge < -0.3 is 19.9 Å². The molecule has 2 N–H and O–H groups in total. The number of aliphatic hydroxyl groups is 1. The summed E-state index contributed by atoms with van der Waals surface area (Å²) in [6.45, 7) is 7.01. The van der Waals surface area contributed by atoms with Gasteiger partial charge in [-0.15, -0.1) is 0 Å².